The van der Waals surface area contributed by atoms with Crippen LogP contribution >= 0.6 is 11.6 Å². The van der Waals surface area contributed by atoms with Crippen LogP contribution in [-0.2, 0) is 6.42 Å². The predicted octanol–water partition coefficient (Wildman–Crippen LogP) is 4.84. The van der Waals surface area contributed by atoms with Crippen molar-refractivity contribution in [2.45, 2.75) is 25.3 Å². The lowest BCUT2D eigenvalue weighted by atomic mass is 10.0. The van der Waals surface area contributed by atoms with Crippen LogP contribution in [0.1, 0.15) is 30.0 Å². The second kappa shape index (κ2) is 5.27. The van der Waals surface area contributed by atoms with E-state index >= 15 is 0 Å². The van der Waals surface area contributed by atoms with Crippen LogP contribution in [0.5, 0.6) is 5.75 Å². The van der Waals surface area contributed by atoms with Crippen molar-refractivity contribution in [2.75, 3.05) is 11.9 Å². The molecule has 0 radical (unpaired) electrons. The molecule has 4 rings (SSSR count). The maximum absolute atomic E-state index is 6.00. The fourth-order valence-electron chi connectivity index (χ4n) is 3.03. The van der Waals surface area contributed by atoms with Crippen molar-refractivity contribution in [1.29, 1.82) is 0 Å². The van der Waals surface area contributed by atoms with Gasteiger partial charge in [-0.1, -0.05) is 23.7 Å². The monoisotopic (exact) mass is 299 g/mol. The normalized spacial score (nSPS) is 18.0. The Bertz CT molecular complexity index is 649. The number of fused-ring (bicyclic) bond motifs is 1. The number of halogens is 1. The zero-order chi connectivity index (χ0) is 14.2. The number of benzene rings is 2. The molecule has 0 aromatic heterocycles. The summed E-state index contributed by atoms with van der Waals surface area (Å²) in [5, 5.41) is 4.50. The Morgan fingerprint density at radius 2 is 1.90 bits per heavy atom. The van der Waals surface area contributed by atoms with Crippen LogP contribution in [0.15, 0.2) is 42.5 Å². The second-order valence-electron chi connectivity index (χ2n) is 5.93. The highest BCUT2D eigenvalue weighted by molar-refractivity contribution is 6.30. The molecule has 1 heterocycles. The molecule has 1 fully saturated rings. The van der Waals surface area contributed by atoms with Crippen molar-refractivity contribution in [3.05, 3.63) is 58.6 Å². The number of hydrogen-bond donors (Lipinski definition) is 1. The molecular weight excluding hydrogens is 282 g/mol. The van der Waals surface area contributed by atoms with Crippen molar-refractivity contribution in [3.63, 3.8) is 0 Å². The topological polar surface area (TPSA) is 21.3 Å². The van der Waals surface area contributed by atoms with Crippen LogP contribution in [0.4, 0.5) is 5.69 Å². The van der Waals surface area contributed by atoms with Gasteiger partial charge >= 0.3 is 0 Å². The van der Waals surface area contributed by atoms with Gasteiger partial charge in [0.25, 0.3) is 0 Å². The minimum atomic E-state index is 0.377. The number of nitrogens with one attached hydrogen (secondary N) is 1. The van der Waals surface area contributed by atoms with Gasteiger partial charge in [-0.25, -0.2) is 0 Å². The van der Waals surface area contributed by atoms with E-state index in [2.05, 4.69) is 35.6 Å². The quantitative estimate of drug-likeness (QED) is 0.872. The molecule has 1 atom stereocenters. The van der Waals surface area contributed by atoms with E-state index in [0.717, 1.165) is 29.7 Å². The highest BCUT2D eigenvalue weighted by Gasteiger charge is 2.32. The zero-order valence-electron chi connectivity index (χ0n) is 11.8. The number of anilines is 1. The Morgan fingerprint density at radius 1 is 1.10 bits per heavy atom. The molecule has 0 amide bonds. The van der Waals surface area contributed by atoms with E-state index in [9.17, 15) is 0 Å². The van der Waals surface area contributed by atoms with Gasteiger partial charge in [0.05, 0.1) is 12.6 Å². The largest absolute Gasteiger partial charge is 0.493 e. The molecule has 21 heavy (non-hydrogen) atoms. The lowest BCUT2D eigenvalue weighted by Crippen LogP contribution is -2.12. The summed E-state index contributed by atoms with van der Waals surface area (Å²) in [5.41, 5.74) is 3.82. The molecule has 1 aliphatic carbocycles. The molecule has 2 nitrogen and oxygen atoms in total. The van der Waals surface area contributed by atoms with E-state index in [-0.39, 0.29) is 0 Å². The highest BCUT2D eigenvalue weighted by Crippen LogP contribution is 2.43. The Hall–Kier alpha value is -1.67. The molecule has 0 saturated heterocycles. The van der Waals surface area contributed by atoms with Crippen LogP contribution in [0.25, 0.3) is 0 Å². The van der Waals surface area contributed by atoms with Gasteiger partial charge in [0, 0.05) is 17.1 Å². The lowest BCUT2D eigenvalue weighted by molar-refractivity contribution is 0.357. The van der Waals surface area contributed by atoms with E-state index < -0.39 is 0 Å². The average Bonchev–Trinajstić information content (AvgIpc) is 3.23. The highest BCUT2D eigenvalue weighted by atomic mass is 35.5. The molecule has 0 spiro atoms. The van der Waals surface area contributed by atoms with E-state index in [0.29, 0.717) is 6.04 Å². The molecule has 1 N–H and O–H groups in total. The fourth-order valence-corrected chi connectivity index (χ4v) is 3.15. The standard InChI is InChI=1S/C18H18ClNO/c19-15-5-3-13(4-6-15)18(12-1-2-12)20-16-7-8-17-14(11-16)9-10-21-17/h3-8,11-12,18,20H,1-2,9-10H2. The van der Waals surface area contributed by atoms with E-state index in [1.54, 1.807) is 0 Å². The van der Waals surface area contributed by atoms with Gasteiger partial charge in [0.15, 0.2) is 0 Å². The number of ether oxygens (including phenoxy) is 1. The fraction of sp³-hybridized carbons (Fsp3) is 0.333. The minimum absolute atomic E-state index is 0.377. The Labute approximate surface area is 130 Å². The van der Waals surface area contributed by atoms with Crippen molar-refractivity contribution in [2.24, 2.45) is 5.92 Å². The SMILES string of the molecule is Clc1ccc(C(Nc2ccc3c(c2)CCO3)C2CC2)cc1. The van der Waals surface area contributed by atoms with Crippen LogP contribution in [0.3, 0.4) is 0 Å². The summed E-state index contributed by atoms with van der Waals surface area (Å²) in [6, 6.07) is 15.0. The van der Waals surface area contributed by atoms with Gasteiger partial charge in [-0.3, -0.25) is 0 Å². The maximum atomic E-state index is 6.00. The van der Waals surface area contributed by atoms with Gasteiger partial charge in [-0.05, 0) is 60.2 Å². The molecule has 108 valence electrons. The van der Waals surface area contributed by atoms with E-state index in [4.69, 9.17) is 16.3 Å². The third-order valence-corrected chi connectivity index (χ3v) is 4.59. The van der Waals surface area contributed by atoms with Gasteiger partial charge in [-0.2, -0.15) is 0 Å². The van der Waals surface area contributed by atoms with Gasteiger partial charge < -0.3 is 10.1 Å². The number of rotatable bonds is 4. The first-order valence-electron chi connectivity index (χ1n) is 7.57. The summed E-state index contributed by atoms with van der Waals surface area (Å²) in [6.45, 7) is 0.808. The molecule has 2 aliphatic rings. The van der Waals surface area contributed by atoms with Gasteiger partial charge in [0.2, 0.25) is 0 Å². The Morgan fingerprint density at radius 3 is 2.67 bits per heavy atom. The summed E-state index contributed by atoms with van der Waals surface area (Å²) >= 11 is 6.00. The van der Waals surface area contributed by atoms with Crippen LogP contribution in [0, 0.1) is 5.92 Å². The predicted molar refractivity (Wildman–Crippen MR) is 86.2 cm³/mol. The summed E-state index contributed by atoms with van der Waals surface area (Å²) in [5.74, 6) is 1.77. The summed E-state index contributed by atoms with van der Waals surface area (Å²) in [4.78, 5) is 0. The molecule has 0 bridgehead atoms. The first kappa shape index (κ1) is 13.0. The first-order valence-corrected chi connectivity index (χ1v) is 7.95. The molecular formula is C18H18ClNO. The second-order valence-corrected chi connectivity index (χ2v) is 6.37. The van der Waals surface area contributed by atoms with E-state index in [1.807, 2.05) is 12.1 Å². The molecule has 1 saturated carbocycles. The first-order chi connectivity index (χ1) is 10.3. The zero-order valence-corrected chi connectivity index (χ0v) is 12.6. The van der Waals surface area contributed by atoms with Crippen molar-refractivity contribution in [1.82, 2.24) is 0 Å². The van der Waals surface area contributed by atoms with Crippen molar-refractivity contribution in [3.8, 4) is 5.75 Å². The molecule has 3 heteroatoms. The maximum Gasteiger partial charge on any atom is 0.122 e. The van der Waals surface area contributed by atoms with Crippen LogP contribution in [0.2, 0.25) is 5.02 Å². The summed E-state index contributed by atoms with van der Waals surface area (Å²) in [7, 11) is 0. The average molecular weight is 300 g/mol. The number of hydrogen-bond acceptors (Lipinski definition) is 2. The minimum Gasteiger partial charge on any atom is -0.493 e. The molecule has 1 aliphatic heterocycles. The van der Waals surface area contributed by atoms with Crippen LogP contribution in [-0.4, -0.2) is 6.61 Å². The lowest BCUT2D eigenvalue weighted by Gasteiger charge is -2.20. The van der Waals surface area contributed by atoms with Crippen molar-refractivity contribution >= 4 is 17.3 Å². The third-order valence-electron chi connectivity index (χ3n) is 4.33. The van der Waals surface area contributed by atoms with Gasteiger partial charge in [-0.15, -0.1) is 0 Å². The Kier molecular flexibility index (Phi) is 3.27. The van der Waals surface area contributed by atoms with Crippen molar-refractivity contribution < 1.29 is 4.74 Å². The van der Waals surface area contributed by atoms with Crippen LogP contribution < -0.4 is 10.1 Å². The smallest absolute Gasteiger partial charge is 0.122 e. The molecule has 2 aromatic carbocycles. The molecule has 1 unspecified atom stereocenters. The summed E-state index contributed by atoms with van der Waals surface area (Å²) in [6.07, 6.45) is 3.61. The van der Waals surface area contributed by atoms with Gasteiger partial charge in [0.1, 0.15) is 5.75 Å². The Balaban J connectivity index is 1.59. The summed E-state index contributed by atoms with van der Waals surface area (Å²) < 4.78 is 5.57. The third kappa shape index (κ3) is 2.73. The van der Waals surface area contributed by atoms with E-state index in [1.165, 1.54) is 29.7 Å². The molecule has 2 aromatic rings.